The van der Waals surface area contributed by atoms with Crippen LogP contribution in [0.3, 0.4) is 0 Å². The number of carbonyl (C=O) groups excluding carboxylic acids is 1. The molecule has 0 heterocycles. The molecule has 0 aliphatic heterocycles. The van der Waals surface area contributed by atoms with Gasteiger partial charge in [-0.2, -0.15) is 13.2 Å². The summed E-state index contributed by atoms with van der Waals surface area (Å²) in [6.07, 6.45) is -4.76. The molecule has 0 aliphatic carbocycles. The summed E-state index contributed by atoms with van der Waals surface area (Å²) in [5.74, 6) is 0.575. The van der Waals surface area contributed by atoms with Crippen molar-refractivity contribution in [1.82, 2.24) is 5.32 Å². The monoisotopic (exact) mass is 497 g/mol. The molecule has 6 nitrogen and oxygen atoms in total. The van der Waals surface area contributed by atoms with Gasteiger partial charge in [0.15, 0.2) is 0 Å². The lowest BCUT2D eigenvalue weighted by Crippen LogP contribution is -2.49. The lowest BCUT2D eigenvalue weighted by molar-refractivity contribution is -0.137. The van der Waals surface area contributed by atoms with Crippen molar-refractivity contribution >= 4 is 6.09 Å². The number of alkyl carbamates (subject to hydrolysis) is 1. The van der Waals surface area contributed by atoms with Crippen LogP contribution < -0.4 is 10.1 Å². The zero-order valence-electron chi connectivity index (χ0n) is 20.9. The van der Waals surface area contributed by atoms with Gasteiger partial charge in [-0.05, 0) is 69.0 Å². The molecule has 194 valence electrons. The van der Waals surface area contributed by atoms with Gasteiger partial charge in [0.25, 0.3) is 0 Å². The van der Waals surface area contributed by atoms with Crippen LogP contribution in [-0.4, -0.2) is 44.7 Å². The van der Waals surface area contributed by atoms with Gasteiger partial charge in [-0.1, -0.05) is 25.1 Å². The molecule has 0 radical (unpaired) electrons. The van der Waals surface area contributed by atoms with Gasteiger partial charge in [0.05, 0.1) is 24.3 Å². The zero-order valence-corrected chi connectivity index (χ0v) is 20.9. The molecule has 0 spiro atoms. The molecule has 2 aromatic rings. The fourth-order valence-electron chi connectivity index (χ4n) is 3.53. The third-order valence-corrected chi connectivity index (χ3v) is 5.23. The smallest absolute Gasteiger partial charge is 0.416 e. The van der Waals surface area contributed by atoms with Crippen molar-refractivity contribution in [3.8, 4) is 11.5 Å². The van der Waals surface area contributed by atoms with Crippen LogP contribution in [0, 0.1) is 0 Å². The number of benzene rings is 2. The molecule has 9 heteroatoms. The summed E-state index contributed by atoms with van der Waals surface area (Å²) in [5.41, 5.74) is -0.413. The minimum absolute atomic E-state index is 0.0438. The topological polar surface area (TPSA) is 66.0 Å². The third-order valence-electron chi connectivity index (χ3n) is 5.23. The Bertz CT molecular complexity index is 941. The van der Waals surface area contributed by atoms with Crippen LogP contribution >= 0.6 is 0 Å². The molecule has 2 rings (SSSR count). The Morgan fingerprint density at radius 1 is 1.00 bits per heavy atom. The van der Waals surface area contributed by atoms with Crippen molar-refractivity contribution in [2.45, 2.75) is 64.0 Å². The Kier molecular flexibility index (Phi) is 9.97. The molecule has 0 aliphatic rings. The summed E-state index contributed by atoms with van der Waals surface area (Å²) in [5, 5.41) is 2.82. The highest BCUT2D eigenvalue weighted by atomic mass is 19.4. The SMILES string of the molecule is COCC(NC(=O)OC(C)(C)C)C(CC(C)c1ccc(Oc2cccc(C(F)(F)F)c2)cc1)OC. The fraction of sp³-hybridized carbons (Fsp3) is 0.500. The second-order valence-corrected chi connectivity index (χ2v) is 9.32. The first kappa shape index (κ1) is 28.5. The quantitative estimate of drug-likeness (QED) is 0.403. The molecule has 2 aromatic carbocycles. The fourth-order valence-corrected chi connectivity index (χ4v) is 3.53. The van der Waals surface area contributed by atoms with Crippen LogP contribution in [0.2, 0.25) is 0 Å². The molecule has 0 fully saturated rings. The maximum absolute atomic E-state index is 12.9. The largest absolute Gasteiger partial charge is 0.457 e. The summed E-state index contributed by atoms with van der Waals surface area (Å²) in [6, 6.07) is 11.4. The number of rotatable bonds is 10. The van der Waals surface area contributed by atoms with Crippen LogP contribution in [0.25, 0.3) is 0 Å². The first-order chi connectivity index (χ1) is 16.3. The number of hydrogen-bond acceptors (Lipinski definition) is 5. The molecule has 0 aromatic heterocycles. The first-order valence-electron chi connectivity index (χ1n) is 11.3. The second kappa shape index (κ2) is 12.3. The van der Waals surface area contributed by atoms with Crippen LogP contribution in [0.1, 0.15) is 51.2 Å². The molecule has 0 saturated heterocycles. The van der Waals surface area contributed by atoms with Gasteiger partial charge in [0, 0.05) is 14.2 Å². The Morgan fingerprint density at radius 2 is 1.66 bits per heavy atom. The van der Waals surface area contributed by atoms with Crippen molar-refractivity contribution in [3.05, 3.63) is 59.7 Å². The predicted octanol–water partition coefficient (Wildman–Crippen LogP) is 6.55. The molecule has 1 amide bonds. The number of ether oxygens (including phenoxy) is 4. The highest BCUT2D eigenvalue weighted by Gasteiger charge is 2.31. The zero-order chi connectivity index (χ0) is 26.2. The van der Waals surface area contributed by atoms with E-state index in [1.54, 1.807) is 47.1 Å². The van der Waals surface area contributed by atoms with Gasteiger partial charge in [0.1, 0.15) is 17.1 Å². The van der Waals surface area contributed by atoms with Crippen LogP contribution in [0.4, 0.5) is 18.0 Å². The Balaban J connectivity index is 2.05. The summed E-state index contributed by atoms with van der Waals surface area (Å²) in [6.45, 7) is 7.62. The van der Waals surface area contributed by atoms with Crippen molar-refractivity contribution in [3.63, 3.8) is 0 Å². The molecule has 3 unspecified atom stereocenters. The molecular formula is C26H34F3NO5. The minimum Gasteiger partial charge on any atom is -0.457 e. The van der Waals surface area contributed by atoms with Gasteiger partial charge in [-0.3, -0.25) is 0 Å². The Labute approximate surface area is 204 Å². The van der Waals surface area contributed by atoms with E-state index in [1.165, 1.54) is 12.1 Å². The number of amides is 1. The number of halogens is 3. The van der Waals surface area contributed by atoms with E-state index in [4.69, 9.17) is 18.9 Å². The maximum atomic E-state index is 12.9. The minimum atomic E-state index is -4.43. The molecule has 3 atom stereocenters. The van der Waals surface area contributed by atoms with E-state index >= 15 is 0 Å². The van der Waals surface area contributed by atoms with Crippen molar-refractivity contribution in [1.29, 1.82) is 0 Å². The molecule has 0 bridgehead atoms. The van der Waals surface area contributed by atoms with Crippen molar-refractivity contribution in [2.24, 2.45) is 0 Å². The first-order valence-corrected chi connectivity index (χ1v) is 11.3. The van der Waals surface area contributed by atoms with Gasteiger partial charge in [0.2, 0.25) is 0 Å². The van der Waals surface area contributed by atoms with Crippen molar-refractivity contribution < 1.29 is 36.9 Å². The van der Waals surface area contributed by atoms with E-state index in [2.05, 4.69) is 5.32 Å². The van der Waals surface area contributed by atoms with E-state index in [0.717, 1.165) is 17.7 Å². The van der Waals surface area contributed by atoms with Gasteiger partial charge < -0.3 is 24.3 Å². The van der Waals surface area contributed by atoms with E-state index in [-0.39, 0.29) is 24.4 Å². The van der Waals surface area contributed by atoms with Gasteiger partial charge in [-0.15, -0.1) is 0 Å². The second-order valence-electron chi connectivity index (χ2n) is 9.32. The molecule has 35 heavy (non-hydrogen) atoms. The van der Waals surface area contributed by atoms with Crippen LogP contribution in [0.15, 0.2) is 48.5 Å². The number of hydrogen-bond donors (Lipinski definition) is 1. The predicted molar refractivity (Wildman–Crippen MR) is 127 cm³/mol. The Morgan fingerprint density at radius 3 is 2.20 bits per heavy atom. The summed E-state index contributed by atoms with van der Waals surface area (Å²) >= 11 is 0. The molecular weight excluding hydrogens is 463 g/mol. The Hall–Kier alpha value is -2.78. The summed E-state index contributed by atoms with van der Waals surface area (Å²) < 4.78 is 60.7. The van der Waals surface area contributed by atoms with Gasteiger partial charge >= 0.3 is 12.3 Å². The average molecular weight is 498 g/mol. The molecule has 1 N–H and O–H groups in total. The van der Waals surface area contributed by atoms with E-state index in [0.29, 0.717) is 12.2 Å². The third kappa shape index (κ3) is 9.41. The van der Waals surface area contributed by atoms with Gasteiger partial charge in [-0.25, -0.2) is 4.79 Å². The lowest BCUT2D eigenvalue weighted by atomic mass is 9.92. The highest BCUT2D eigenvalue weighted by molar-refractivity contribution is 5.68. The summed E-state index contributed by atoms with van der Waals surface area (Å²) in [7, 11) is 3.12. The van der Waals surface area contributed by atoms with Crippen LogP contribution in [0.5, 0.6) is 11.5 Å². The highest BCUT2D eigenvalue weighted by Crippen LogP contribution is 2.33. The van der Waals surface area contributed by atoms with E-state index in [9.17, 15) is 18.0 Å². The number of alkyl halides is 3. The van der Waals surface area contributed by atoms with Crippen LogP contribution in [-0.2, 0) is 20.4 Å². The number of nitrogens with one attached hydrogen (secondary N) is 1. The van der Waals surface area contributed by atoms with E-state index in [1.807, 2.05) is 19.1 Å². The molecule has 0 saturated carbocycles. The standard InChI is InChI=1S/C26H34F3NO5/c1-17(14-23(33-6)22(16-32-5)30-24(31)35-25(2,3)4)18-10-12-20(13-11-18)34-21-9-7-8-19(15-21)26(27,28)29/h7-13,15,17,22-23H,14,16H2,1-6H3,(H,30,31). The van der Waals surface area contributed by atoms with Crippen molar-refractivity contribution in [2.75, 3.05) is 20.8 Å². The maximum Gasteiger partial charge on any atom is 0.416 e. The normalized spacial score (nSPS) is 14.7. The lowest BCUT2D eigenvalue weighted by Gasteiger charge is -2.30. The van der Waals surface area contributed by atoms with E-state index < -0.39 is 29.5 Å². The summed E-state index contributed by atoms with van der Waals surface area (Å²) in [4.78, 5) is 12.3. The number of carbonyl (C=O) groups is 1. The number of methoxy groups -OCH3 is 2. The average Bonchev–Trinajstić information content (AvgIpc) is 2.76.